The number of nitrogens with zero attached hydrogens (tertiary/aromatic N) is 1. The minimum atomic E-state index is -0.609. The fourth-order valence-electron chi connectivity index (χ4n) is 0.936. The summed E-state index contributed by atoms with van der Waals surface area (Å²) in [4.78, 5) is 15.2. The molecule has 1 heterocycles. The summed E-state index contributed by atoms with van der Waals surface area (Å²) in [5.74, 6) is 0. The molecule has 1 N–H and O–H groups in total. The summed E-state index contributed by atoms with van der Waals surface area (Å²) in [6.07, 6.45) is 2.17. The third kappa shape index (κ3) is 3.87. The Morgan fingerprint density at radius 3 is 2.25 bits per heavy atom. The van der Waals surface area contributed by atoms with E-state index in [1.807, 2.05) is 0 Å². The minimum absolute atomic E-state index is 0.262. The summed E-state index contributed by atoms with van der Waals surface area (Å²) in [6, 6.07) is 0. The van der Waals surface area contributed by atoms with Gasteiger partial charge in [0.2, 0.25) is 0 Å². The third-order valence-electron chi connectivity index (χ3n) is 1.48. The molecule has 0 saturated carbocycles. The molecule has 0 bridgehead atoms. The predicted octanol–water partition coefficient (Wildman–Crippen LogP) is 3.74. The fourth-order valence-corrected chi connectivity index (χ4v) is 1.40. The number of carbonyl (C=O) groups is 1. The van der Waals surface area contributed by atoms with E-state index in [-0.39, 0.29) is 10.0 Å². The molecule has 0 aromatic carbocycles. The second-order valence-electron chi connectivity index (χ2n) is 4.11. The van der Waals surface area contributed by atoms with E-state index in [0.717, 1.165) is 0 Å². The standard InChI is InChI=1S/C10H12Cl2N2O2/c1-10(2,3)16-9(15)14-8-6(11)4-13-5-7(8)12/h4-5H,1-3H3,(H,13,14,15). The van der Waals surface area contributed by atoms with Crippen molar-refractivity contribution in [2.75, 3.05) is 5.32 Å². The molecule has 0 unspecified atom stereocenters. The molecule has 0 atom stereocenters. The summed E-state index contributed by atoms with van der Waals surface area (Å²) in [5, 5.41) is 2.99. The Morgan fingerprint density at radius 1 is 1.31 bits per heavy atom. The van der Waals surface area contributed by atoms with Gasteiger partial charge in [0.1, 0.15) is 5.60 Å². The van der Waals surface area contributed by atoms with Gasteiger partial charge in [-0.2, -0.15) is 0 Å². The second kappa shape index (κ2) is 4.89. The highest BCUT2D eigenvalue weighted by molar-refractivity contribution is 6.39. The molecule has 1 amide bonds. The summed E-state index contributed by atoms with van der Waals surface area (Å²) < 4.78 is 5.06. The third-order valence-corrected chi connectivity index (χ3v) is 2.05. The molecule has 0 spiro atoms. The van der Waals surface area contributed by atoms with Gasteiger partial charge in [-0.05, 0) is 20.8 Å². The number of aromatic nitrogens is 1. The number of pyridine rings is 1. The Kier molecular flexibility index (Phi) is 3.99. The van der Waals surface area contributed by atoms with Gasteiger partial charge in [-0.15, -0.1) is 0 Å². The maximum Gasteiger partial charge on any atom is 0.412 e. The first-order valence-corrected chi connectivity index (χ1v) is 5.34. The summed E-state index contributed by atoms with van der Waals surface area (Å²) in [6.45, 7) is 5.30. The molecule has 1 aromatic rings. The van der Waals surface area contributed by atoms with Crippen molar-refractivity contribution in [3.63, 3.8) is 0 Å². The molecular formula is C10H12Cl2N2O2. The highest BCUT2D eigenvalue weighted by Gasteiger charge is 2.18. The maximum absolute atomic E-state index is 11.5. The van der Waals surface area contributed by atoms with Gasteiger partial charge in [0.25, 0.3) is 0 Å². The van der Waals surface area contributed by atoms with Gasteiger partial charge >= 0.3 is 6.09 Å². The Morgan fingerprint density at radius 2 is 1.81 bits per heavy atom. The van der Waals surface area contributed by atoms with E-state index in [4.69, 9.17) is 27.9 Å². The molecule has 0 aliphatic rings. The van der Waals surface area contributed by atoms with Crippen LogP contribution in [0.25, 0.3) is 0 Å². The molecule has 0 aliphatic heterocycles. The molecule has 4 nitrogen and oxygen atoms in total. The highest BCUT2D eigenvalue weighted by atomic mass is 35.5. The average molecular weight is 263 g/mol. The molecular weight excluding hydrogens is 251 g/mol. The Balaban J connectivity index is 2.78. The Labute approximate surface area is 104 Å². The van der Waals surface area contributed by atoms with Crippen LogP contribution in [0.1, 0.15) is 20.8 Å². The molecule has 0 radical (unpaired) electrons. The normalized spacial score (nSPS) is 11.1. The Bertz CT molecular complexity index is 382. The van der Waals surface area contributed by atoms with E-state index in [2.05, 4.69) is 10.3 Å². The number of carbonyl (C=O) groups excluding carboxylic acids is 1. The minimum Gasteiger partial charge on any atom is -0.444 e. The molecule has 0 fully saturated rings. The van der Waals surface area contributed by atoms with Gasteiger partial charge in [0.05, 0.1) is 15.7 Å². The molecule has 0 aliphatic carbocycles. The molecule has 1 rings (SSSR count). The number of amides is 1. The zero-order valence-corrected chi connectivity index (χ0v) is 10.7. The number of anilines is 1. The number of ether oxygens (including phenoxy) is 1. The van der Waals surface area contributed by atoms with Crippen LogP contribution in [0.15, 0.2) is 12.4 Å². The van der Waals surface area contributed by atoms with Crippen molar-refractivity contribution < 1.29 is 9.53 Å². The van der Waals surface area contributed by atoms with Crippen LogP contribution in [0, 0.1) is 0 Å². The maximum atomic E-state index is 11.5. The topological polar surface area (TPSA) is 51.2 Å². The van der Waals surface area contributed by atoms with Gasteiger partial charge in [0.15, 0.2) is 0 Å². The summed E-state index contributed by atoms with van der Waals surface area (Å²) in [5.41, 5.74) is -0.275. The first-order valence-electron chi connectivity index (χ1n) is 4.58. The van der Waals surface area contributed by atoms with Crippen LogP contribution in [-0.4, -0.2) is 16.7 Å². The molecule has 1 aromatic heterocycles. The van der Waals surface area contributed by atoms with E-state index in [1.54, 1.807) is 20.8 Å². The van der Waals surface area contributed by atoms with E-state index < -0.39 is 11.7 Å². The monoisotopic (exact) mass is 262 g/mol. The first kappa shape index (κ1) is 13.1. The average Bonchev–Trinajstić information content (AvgIpc) is 2.08. The van der Waals surface area contributed by atoms with Crippen LogP contribution in [0.5, 0.6) is 0 Å². The van der Waals surface area contributed by atoms with Gasteiger partial charge in [-0.3, -0.25) is 10.3 Å². The van der Waals surface area contributed by atoms with E-state index in [0.29, 0.717) is 5.69 Å². The number of rotatable bonds is 1. The molecule has 0 saturated heterocycles. The van der Waals surface area contributed by atoms with Crippen molar-refractivity contribution in [3.05, 3.63) is 22.4 Å². The van der Waals surface area contributed by atoms with Crippen LogP contribution in [0.2, 0.25) is 10.0 Å². The number of nitrogens with one attached hydrogen (secondary N) is 1. The summed E-state index contributed by atoms with van der Waals surface area (Å²) in [7, 11) is 0. The van der Waals surface area contributed by atoms with Gasteiger partial charge in [-0.1, -0.05) is 23.2 Å². The fraction of sp³-hybridized carbons (Fsp3) is 0.400. The number of halogens is 2. The summed E-state index contributed by atoms with van der Waals surface area (Å²) >= 11 is 11.7. The first-order chi connectivity index (χ1) is 7.29. The lowest BCUT2D eigenvalue weighted by molar-refractivity contribution is 0.0636. The quantitative estimate of drug-likeness (QED) is 0.839. The van der Waals surface area contributed by atoms with Crippen molar-refractivity contribution >= 4 is 35.0 Å². The van der Waals surface area contributed by atoms with Crippen molar-refractivity contribution in [1.82, 2.24) is 4.98 Å². The van der Waals surface area contributed by atoms with Crippen LogP contribution in [0.4, 0.5) is 10.5 Å². The second-order valence-corrected chi connectivity index (χ2v) is 4.92. The number of hydrogen-bond donors (Lipinski definition) is 1. The van der Waals surface area contributed by atoms with Gasteiger partial charge in [-0.25, -0.2) is 4.79 Å². The lowest BCUT2D eigenvalue weighted by Crippen LogP contribution is -2.27. The van der Waals surface area contributed by atoms with Crippen molar-refractivity contribution in [2.45, 2.75) is 26.4 Å². The van der Waals surface area contributed by atoms with E-state index in [1.165, 1.54) is 12.4 Å². The smallest absolute Gasteiger partial charge is 0.412 e. The van der Waals surface area contributed by atoms with E-state index in [9.17, 15) is 4.79 Å². The van der Waals surface area contributed by atoms with Crippen LogP contribution >= 0.6 is 23.2 Å². The van der Waals surface area contributed by atoms with Crippen LogP contribution in [0.3, 0.4) is 0 Å². The van der Waals surface area contributed by atoms with Crippen molar-refractivity contribution in [2.24, 2.45) is 0 Å². The Hall–Kier alpha value is -1.00. The molecule has 6 heteroatoms. The van der Waals surface area contributed by atoms with Crippen LogP contribution < -0.4 is 5.32 Å². The van der Waals surface area contributed by atoms with Crippen molar-refractivity contribution in [1.29, 1.82) is 0 Å². The zero-order valence-electron chi connectivity index (χ0n) is 9.17. The largest absolute Gasteiger partial charge is 0.444 e. The lowest BCUT2D eigenvalue weighted by atomic mass is 10.2. The lowest BCUT2D eigenvalue weighted by Gasteiger charge is -2.20. The van der Waals surface area contributed by atoms with Crippen molar-refractivity contribution in [3.8, 4) is 0 Å². The van der Waals surface area contributed by atoms with Gasteiger partial charge < -0.3 is 4.74 Å². The zero-order chi connectivity index (χ0) is 12.3. The number of hydrogen-bond acceptors (Lipinski definition) is 3. The SMILES string of the molecule is CC(C)(C)OC(=O)Nc1c(Cl)cncc1Cl. The predicted molar refractivity (Wildman–Crippen MR) is 64.1 cm³/mol. The van der Waals surface area contributed by atoms with Gasteiger partial charge in [0, 0.05) is 12.4 Å². The van der Waals surface area contributed by atoms with E-state index >= 15 is 0 Å². The van der Waals surface area contributed by atoms with Crippen LogP contribution in [-0.2, 0) is 4.74 Å². The molecule has 88 valence electrons. The molecule has 16 heavy (non-hydrogen) atoms. The highest BCUT2D eigenvalue weighted by Crippen LogP contribution is 2.28.